The van der Waals surface area contributed by atoms with Crippen LogP contribution in [0.2, 0.25) is 0 Å². The number of piperidine rings is 1. The molecule has 2 fully saturated rings. The zero-order chi connectivity index (χ0) is 22.5. The van der Waals surface area contributed by atoms with Crippen LogP contribution in [0.1, 0.15) is 38.8 Å². The summed E-state index contributed by atoms with van der Waals surface area (Å²) in [6.07, 6.45) is 1.26. The first-order valence-corrected chi connectivity index (χ1v) is 12.0. The lowest BCUT2D eigenvalue weighted by atomic mass is 9.92. The summed E-state index contributed by atoms with van der Waals surface area (Å²) in [6, 6.07) is 12.5. The molecule has 0 unspecified atom stereocenters. The summed E-state index contributed by atoms with van der Waals surface area (Å²) in [6.45, 7) is 11.8. The van der Waals surface area contributed by atoms with Crippen molar-refractivity contribution >= 4 is 34.9 Å². The Bertz CT molecular complexity index is 895. The van der Waals surface area contributed by atoms with E-state index >= 15 is 0 Å². The summed E-state index contributed by atoms with van der Waals surface area (Å²) in [5.74, 6) is 3.71. The van der Waals surface area contributed by atoms with Gasteiger partial charge in [0, 0.05) is 32.2 Å². The minimum atomic E-state index is 0.0851. The maximum Gasteiger partial charge on any atom is 0.232 e. The summed E-state index contributed by atoms with van der Waals surface area (Å²) in [5.41, 5.74) is 1.18. The van der Waals surface area contributed by atoms with Crippen LogP contribution in [-0.4, -0.2) is 54.5 Å². The van der Waals surface area contributed by atoms with E-state index in [0.29, 0.717) is 36.1 Å². The molecule has 1 aromatic heterocycles. The van der Waals surface area contributed by atoms with Gasteiger partial charge in [0.2, 0.25) is 5.95 Å². The van der Waals surface area contributed by atoms with Crippen molar-refractivity contribution in [2.45, 2.75) is 33.2 Å². The highest BCUT2D eigenvalue weighted by molar-refractivity contribution is 7.80. The molecule has 172 valence electrons. The number of benzene rings is 1. The summed E-state index contributed by atoms with van der Waals surface area (Å²) >= 11 is 5.60. The first-order valence-electron chi connectivity index (χ1n) is 11.6. The lowest BCUT2D eigenvalue weighted by molar-refractivity contribution is 0.122. The quantitative estimate of drug-likeness (QED) is 0.661. The van der Waals surface area contributed by atoms with E-state index in [0.717, 1.165) is 37.8 Å². The van der Waals surface area contributed by atoms with Crippen molar-refractivity contribution < 1.29 is 4.74 Å². The van der Waals surface area contributed by atoms with Gasteiger partial charge in [0.15, 0.2) is 5.11 Å². The Morgan fingerprint density at radius 3 is 2.31 bits per heavy atom. The SMILES string of the molecule is C[C@@H]1C[C@@H](C)CN(c2cc(N3CCOCC3)nc(NC(=S)N[C@@H](C)c3ccccc3)n2)C1. The van der Waals surface area contributed by atoms with Crippen LogP contribution in [0, 0.1) is 11.8 Å². The van der Waals surface area contributed by atoms with E-state index in [-0.39, 0.29) is 6.04 Å². The van der Waals surface area contributed by atoms with Crippen molar-refractivity contribution in [3.63, 3.8) is 0 Å². The number of morpholine rings is 1. The van der Waals surface area contributed by atoms with Crippen molar-refractivity contribution in [2.24, 2.45) is 11.8 Å². The van der Waals surface area contributed by atoms with Gasteiger partial charge in [-0.25, -0.2) is 0 Å². The van der Waals surface area contributed by atoms with Crippen molar-refractivity contribution in [1.29, 1.82) is 0 Å². The third-order valence-electron chi connectivity index (χ3n) is 6.10. The van der Waals surface area contributed by atoms with Crippen molar-refractivity contribution in [3.8, 4) is 0 Å². The maximum atomic E-state index is 5.60. The van der Waals surface area contributed by atoms with E-state index in [2.05, 4.69) is 59.4 Å². The Morgan fingerprint density at radius 2 is 1.66 bits per heavy atom. The average Bonchev–Trinajstić information content (AvgIpc) is 2.79. The zero-order valence-corrected chi connectivity index (χ0v) is 20.1. The molecule has 4 rings (SSSR count). The van der Waals surface area contributed by atoms with Crippen LogP contribution in [-0.2, 0) is 4.74 Å². The number of thiocarbonyl (C=S) groups is 1. The second-order valence-corrected chi connectivity index (χ2v) is 9.50. The van der Waals surface area contributed by atoms with E-state index in [1.54, 1.807) is 0 Å². The number of ether oxygens (including phenoxy) is 1. The molecular weight excluding hydrogens is 420 g/mol. The van der Waals surface area contributed by atoms with Gasteiger partial charge in [-0.1, -0.05) is 44.2 Å². The molecule has 0 spiro atoms. The van der Waals surface area contributed by atoms with Crippen LogP contribution in [0.4, 0.5) is 17.6 Å². The molecule has 2 saturated heterocycles. The number of hydrogen-bond donors (Lipinski definition) is 2. The lowest BCUT2D eigenvalue weighted by Crippen LogP contribution is -2.40. The predicted molar refractivity (Wildman–Crippen MR) is 134 cm³/mol. The fourth-order valence-corrected chi connectivity index (χ4v) is 4.87. The molecule has 7 nitrogen and oxygen atoms in total. The van der Waals surface area contributed by atoms with Gasteiger partial charge in [0.05, 0.1) is 19.3 Å². The molecule has 0 aliphatic carbocycles. The van der Waals surface area contributed by atoms with E-state index in [1.165, 1.54) is 12.0 Å². The topological polar surface area (TPSA) is 65.6 Å². The minimum Gasteiger partial charge on any atom is -0.378 e. The lowest BCUT2D eigenvalue weighted by Gasteiger charge is -2.36. The molecule has 2 N–H and O–H groups in total. The van der Waals surface area contributed by atoms with Crippen molar-refractivity contribution in [3.05, 3.63) is 42.0 Å². The molecule has 2 aliphatic heterocycles. The summed E-state index contributed by atoms with van der Waals surface area (Å²) in [5, 5.41) is 7.11. The molecule has 1 aromatic carbocycles. The van der Waals surface area contributed by atoms with Gasteiger partial charge in [-0.05, 0) is 43.0 Å². The Labute approximate surface area is 196 Å². The van der Waals surface area contributed by atoms with Gasteiger partial charge in [-0.2, -0.15) is 9.97 Å². The fraction of sp³-hybridized carbons (Fsp3) is 0.542. The molecule has 2 aromatic rings. The number of nitrogens with one attached hydrogen (secondary N) is 2. The van der Waals surface area contributed by atoms with Gasteiger partial charge < -0.3 is 25.2 Å². The Hall–Kier alpha value is -2.45. The van der Waals surface area contributed by atoms with Gasteiger partial charge in [-0.3, -0.25) is 0 Å². The number of hydrogen-bond acceptors (Lipinski definition) is 6. The third kappa shape index (κ3) is 5.86. The molecule has 0 amide bonds. The van der Waals surface area contributed by atoms with E-state index < -0.39 is 0 Å². The first-order chi connectivity index (χ1) is 15.5. The summed E-state index contributed by atoms with van der Waals surface area (Å²) in [4.78, 5) is 14.3. The third-order valence-corrected chi connectivity index (χ3v) is 6.32. The van der Waals surface area contributed by atoms with E-state index in [1.807, 2.05) is 18.2 Å². The monoisotopic (exact) mass is 454 g/mol. The molecular formula is C24H34N6OS. The van der Waals surface area contributed by atoms with E-state index in [4.69, 9.17) is 26.9 Å². The molecule has 3 heterocycles. The largest absolute Gasteiger partial charge is 0.378 e. The Morgan fingerprint density at radius 1 is 1.03 bits per heavy atom. The first kappa shape index (κ1) is 22.7. The normalized spacial score (nSPS) is 22.3. The fourth-order valence-electron chi connectivity index (χ4n) is 4.60. The molecule has 0 radical (unpaired) electrons. The summed E-state index contributed by atoms with van der Waals surface area (Å²) < 4.78 is 5.53. The predicted octanol–water partition coefficient (Wildman–Crippen LogP) is 3.84. The Balaban J connectivity index is 1.53. The van der Waals surface area contributed by atoms with Crippen LogP contribution in [0.5, 0.6) is 0 Å². The maximum absolute atomic E-state index is 5.60. The highest BCUT2D eigenvalue weighted by Gasteiger charge is 2.25. The van der Waals surface area contributed by atoms with Crippen LogP contribution in [0.3, 0.4) is 0 Å². The molecule has 0 saturated carbocycles. The van der Waals surface area contributed by atoms with Crippen molar-refractivity contribution in [2.75, 3.05) is 54.5 Å². The highest BCUT2D eigenvalue weighted by Crippen LogP contribution is 2.28. The molecule has 0 bridgehead atoms. The van der Waals surface area contributed by atoms with Gasteiger partial charge in [0.25, 0.3) is 0 Å². The molecule has 8 heteroatoms. The molecule has 32 heavy (non-hydrogen) atoms. The van der Waals surface area contributed by atoms with Crippen molar-refractivity contribution in [1.82, 2.24) is 15.3 Å². The highest BCUT2D eigenvalue weighted by atomic mass is 32.1. The van der Waals surface area contributed by atoms with Gasteiger partial charge in [0.1, 0.15) is 11.6 Å². The van der Waals surface area contributed by atoms with Crippen LogP contribution < -0.4 is 20.4 Å². The van der Waals surface area contributed by atoms with E-state index in [9.17, 15) is 0 Å². The zero-order valence-electron chi connectivity index (χ0n) is 19.3. The number of aromatic nitrogens is 2. The van der Waals surface area contributed by atoms with Crippen LogP contribution >= 0.6 is 12.2 Å². The van der Waals surface area contributed by atoms with Crippen LogP contribution in [0.15, 0.2) is 36.4 Å². The number of anilines is 3. The van der Waals surface area contributed by atoms with Gasteiger partial charge in [-0.15, -0.1) is 0 Å². The second kappa shape index (κ2) is 10.4. The molecule has 2 aliphatic rings. The minimum absolute atomic E-state index is 0.0851. The second-order valence-electron chi connectivity index (χ2n) is 9.09. The van der Waals surface area contributed by atoms with Gasteiger partial charge >= 0.3 is 0 Å². The number of nitrogens with zero attached hydrogens (tertiary/aromatic N) is 4. The standard InChI is InChI=1S/C24H34N6OS/c1-17-13-18(2)16-30(15-17)22-14-21(29-9-11-31-12-10-29)26-23(27-22)28-24(32)25-19(3)20-7-5-4-6-8-20/h4-8,14,17-19H,9-13,15-16H2,1-3H3,(H2,25,26,27,28,32)/t17-,18-,19+/m1/s1. The summed E-state index contributed by atoms with van der Waals surface area (Å²) in [7, 11) is 0. The smallest absolute Gasteiger partial charge is 0.232 e. The Kier molecular flexibility index (Phi) is 7.42. The average molecular weight is 455 g/mol. The van der Waals surface area contributed by atoms with Crippen LogP contribution in [0.25, 0.3) is 0 Å². The molecule has 3 atom stereocenters. The number of rotatable bonds is 5.